The summed E-state index contributed by atoms with van der Waals surface area (Å²) < 4.78 is 30.6. The van der Waals surface area contributed by atoms with Gasteiger partial charge in [0.15, 0.2) is 0 Å². The summed E-state index contributed by atoms with van der Waals surface area (Å²) in [7, 11) is 4.85. The lowest BCUT2D eigenvalue weighted by atomic mass is 9.97. The molecular formula is C30H33FN4O4. The van der Waals surface area contributed by atoms with Gasteiger partial charge in [0, 0.05) is 44.2 Å². The van der Waals surface area contributed by atoms with E-state index in [1.54, 1.807) is 38.5 Å². The minimum absolute atomic E-state index is 0.0855. The third-order valence-corrected chi connectivity index (χ3v) is 7.31. The van der Waals surface area contributed by atoms with Crippen molar-refractivity contribution in [3.63, 3.8) is 0 Å². The number of piperazine rings is 1. The first-order valence-corrected chi connectivity index (χ1v) is 13.0. The number of methoxy groups -OCH3 is 3. The predicted octanol–water partition coefficient (Wildman–Crippen LogP) is 4.35. The third-order valence-electron chi connectivity index (χ3n) is 7.31. The van der Waals surface area contributed by atoms with Crippen LogP contribution in [0, 0.1) is 5.82 Å². The van der Waals surface area contributed by atoms with E-state index >= 15 is 0 Å². The van der Waals surface area contributed by atoms with Crippen molar-refractivity contribution in [2.24, 2.45) is 5.10 Å². The van der Waals surface area contributed by atoms with Crippen LogP contribution >= 0.6 is 0 Å². The minimum Gasteiger partial charge on any atom is -0.497 e. The summed E-state index contributed by atoms with van der Waals surface area (Å²) >= 11 is 0. The van der Waals surface area contributed by atoms with Crippen LogP contribution in [0.3, 0.4) is 0 Å². The summed E-state index contributed by atoms with van der Waals surface area (Å²) in [5.41, 5.74) is 3.17. The SMILES string of the molecule is COc1ccc(C2CC(c3ccc(OC)cc3OC)=NN2C(=O)CN2CCN(c3ccccc3F)CC2)cc1. The lowest BCUT2D eigenvalue weighted by molar-refractivity contribution is -0.134. The average Bonchev–Trinajstić information content (AvgIpc) is 3.43. The second-order valence-electron chi connectivity index (χ2n) is 9.56. The van der Waals surface area contributed by atoms with Gasteiger partial charge in [0.2, 0.25) is 0 Å². The zero-order valence-corrected chi connectivity index (χ0v) is 22.5. The first-order valence-electron chi connectivity index (χ1n) is 13.0. The molecular weight excluding hydrogens is 499 g/mol. The number of halogens is 1. The fourth-order valence-corrected chi connectivity index (χ4v) is 5.14. The number of hydrazone groups is 1. The molecule has 1 unspecified atom stereocenters. The molecule has 204 valence electrons. The zero-order chi connectivity index (χ0) is 27.4. The number of anilines is 1. The molecule has 0 bridgehead atoms. The van der Waals surface area contributed by atoms with E-state index in [1.165, 1.54) is 6.07 Å². The molecule has 0 radical (unpaired) electrons. The quantitative estimate of drug-likeness (QED) is 0.430. The van der Waals surface area contributed by atoms with Crippen molar-refractivity contribution in [1.82, 2.24) is 9.91 Å². The Hall–Kier alpha value is -4.11. The van der Waals surface area contributed by atoms with E-state index in [9.17, 15) is 9.18 Å². The summed E-state index contributed by atoms with van der Waals surface area (Å²) in [6, 6.07) is 19.9. The van der Waals surface area contributed by atoms with Crippen LogP contribution in [-0.4, -0.2) is 75.6 Å². The van der Waals surface area contributed by atoms with Gasteiger partial charge in [-0.1, -0.05) is 24.3 Å². The van der Waals surface area contributed by atoms with Crippen molar-refractivity contribution < 1.29 is 23.4 Å². The Labute approximate surface area is 228 Å². The van der Waals surface area contributed by atoms with E-state index < -0.39 is 0 Å². The molecule has 5 rings (SSSR count). The van der Waals surface area contributed by atoms with E-state index in [4.69, 9.17) is 19.3 Å². The molecule has 0 saturated carbocycles. The van der Waals surface area contributed by atoms with Gasteiger partial charge in [-0.05, 0) is 42.0 Å². The van der Waals surface area contributed by atoms with Crippen molar-refractivity contribution in [2.75, 3.05) is 59.0 Å². The van der Waals surface area contributed by atoms with Crippen LogP contribution in [0.2, 0.25) is 0 Å². The molecule has 9 heteroatoms. The summed E-state index contributed by atoms with van der Waals surface area (Å²) in [5, 5.41) is 6.43. The number of benzene rings is 3. The second-order valence-corrected chi connectivity index (χ2v) is 9.56. The molecule has 2 aliphatic heterocycles. The molecule has 2 heterocycles. The molecule has 1 saturated heterocycles. The molecule has 0 spiro atoms. The van der Waals surface area contributed by atoms with Crippen molar-refractivity contribution in [3.05, 3.63) is 83.7 Å². The summed E-state index contributed by atoms with van der Waals surface area (Å²) in [6.07, 6.45) is 0.543. The highest BCUT2D eigenvalue weighted by Gasteiger charge is 2.35. The number of hydrogen-bond donors (Lipinski definition) is 0. The Bertz CT molecular complexity index is 1340. The number of para-hydroxylation sites is 1. The second kappa shape index (κ2) is 11.7. The molecule has 0 aliphatic carbocycles. The standard InChI is InChI=1S/C30H33FN4O4/c1-37-22-10-8-21(9-11-22)28-19-26(24-13-12-23(38-2)18-29(24)39-3)32-35(28)30(36)20-33-14-16-34(17-15-33)27-7-5-4-6-25(27)31/h4-13,18,28H,14-17,19-20H2,1-3H3. The van der Waals surface area contributed by atoms with Gasteiger partial charge in [0.05, 0.1) is 45.3 Å². The number of carbonyl (C=O) groups is 1. The summed E-state index contributed by atoms with van der Waals surface area (Å²) in [5.74, 6) is 1.76. The fourth-order valence-electron chi connectivity index (χ4n) is 5.14. The van der Waals surface area contributed by atoms with Gasteiger partial charge in [-0.15, -0.1) is 0 Å². The lowest BCUT2D eigenvalue weighted by Gasteiger charge is -2.36. The smallest absolute Gasteiger partial charge is 0.257 e. The molecule has 1 fully saturated rings. The fraction of sp³-hybridized carbons (Fsp3) is 0.333. The third kappa shape index (κ3) is 5.68. The van der Waals surface area contributed by atoms with Crippen LogP contribution in [0.15, 0.2) is 71.8 Å². The number of hydrogen-bond acceptors (Lipinski definition) is 7. The Morgan fingerprint density at radius 1 is 0.897 bits per heavy atom. The Balaban J connectivity index is 1.35. The molecule has 3 aromatic rings. The number of ether oxygens (including phenoxy) is 3. The first-order chi connectivity index (χ1) is 19.0. The van der Waals surface area contributed by atoms with Crippen molar-refractivity contribution >= 4 is 17.3 Å². The molecule has 1 atom stereocenters. The molecule has 0 N–H and O–H groups in total. The van der Waals surface area contributed by atoms with Gasteiger partial charge in [-0.3, -0.25) is 9.69 Å². The molecule has 3 aromatic carbocycles. The maximum absolute atomic E-state index is 14.3. The van der Waals surface area contributed by atoms with Crippen LogP contribution in [0.25, 0.3) is 0 Å². The van der Waals surface area contributed by atoms with Crippen molar-refractivity contribution in [1.29, 1.82) is 0 Å². The highest BCUT2D eigenvalue weighted by Crippen LogP contribution is 2.37. The Morgan fingerprint density at radius 2 is 1.59 bits per heavy atom. The van der Waals surface area contributed by atoms with Gasteiger partial charge >= 0.3 is 0 Å². The summed E-state index contributed by atoms with van der Waals surface area (Å²) in [6.45, 7) is 2.84. The van der Waals surface area contributed by atoms with E-state index in [2.05, 4.69) is 4.90 Å². The predicted molar refractivity (Wildman–Crippen MR) is 148 cm³/mol. The molecule has 0 aromatic heterocycles. The van der Waals surface area contributed by atoms with Crippen LogP contribution in [0.1, 0.15) is 23.6 Å². The molecule has 2 aliphatic rings. The molecule has 39 heavy (non-hydrogen) atoms. The maximum atomic E-state index is 14.3. The first kappa shape index (κ1) is 26.5. The average molecular weight is 533 g/mol. The number of rotatable bonds is 8. The summed E-state index contributed by atoms with van der Waals surface area (Å²) in [4.78, 5) is 17.8. The highest BCUT2D eigenvalue weighted by molar-refractivity contribution is 6.05. The maximum Gasteiger partial charge on any atom is 0.257 e. The van der Waals surface area contributed by atoms with Gasteiger partial charge in [-0.25, -0.2) is 9.40 Å². The number of nitrogens with zero attached hydrogens (tertiary/aromatic N) is 4. The number of carbonyl (C=O) groups excluding carboxylic acids is 1. The lowest BCUT2D eigenvalue weighted by Crippen LogP contribution is -2.49. The Morgan fingerprint density at radius 3 is 2.26 bits per heavy atom. The van der Waals surface area contributed by atoms with E-state index in [1.807, 2.05) is 53.4 Å². The van der Waals surface area contributed by atoms with Crippen molar-refractivity contribution in [3.8, 4) is 17.2 Å². The van der Waals surface area contributed by atoms with Crippen LogP contribution in [-0.2, 0) is 4.79 Å². The van der Waals surface area contributed by atoms with Gasteiger partial charge in [0.1, 0.15) is 23.1 Å². The topological polar surface area (TPSA) is 66.8 Å². The van der Waals surface area contributed by atoms with Gasteiger partial charge in [0.25, 0.3) is 5.91 Å². The van der Waals surface area contributed by atoms with E-state index in [0.29, 0.717) is 49.8 Å². The largest absolute Gasteiger partial charge is 0.497 e. The number of amides is 1. The van der Waals surface area contributed by atoms with E-state index in [0.717, 1.165) is 22.6 Å². The normalized spacial score (nSPS) is 17.6. The van der Waals surface area contributed by atoms with Crippen molar-refractivity contribution in [2.45, 2.75) is 12.5 Å². The van der Waals surface area contributed by atoms with E-state index in [-0.39, 0.29) is 24.3 Å². The van der Waals surface area contributed by atoms with Gasteiger partial charge in [-0.2, -0.15) is 5.10 Å². The zero-order valence-electron chi connectivity index (χ0n) is 22.5. The molecule has 8 nitrogen and oxygen atoms in total. The monoisotopic (exact) mass is 532 g/mol. The van der Waals surface area contributed by atoms with Crippen LogP contribution in [0.5, 0.6) is 17.2 Å². The highest BCUT2D eigenvalue weighted by atomic mass is 19.1. The van der Waals surface area contributed by atoms with Crippen LogP contribution < -0.4 is 19.1 Å². The van der Waals surface area contributed by atoms with Crippen LogP contribution in [0.4, 0.5) is 10.1 Å². The molecule has 1 amide bonds. The minimum atomic E-state index is -0.259. The van der Waals surface area contributed by atoms with Gasteiger partial charge < -0.3 is 19.1 Å². The Kier molecular flexibility index (Phi) is 7.97.